The van der Waals surface area contributed by atoms with Crippen molar-refractivity contribution in [3.8, 4) is 0 Å². The number of likely N-dealkylation sites (tertiary alicyclic amines) is 1. The maximum Gasteiger partial charge on any atom is 0.244 e. The van der Waals surface area contributed by atoms with Gasteiger partial charge in [-0.25, -0.2) is 13.4 Å². The van der Waals surface area contributed by atoms with Gasteiger partial charge in [0.05, 0.1) is 0 Å². The topological polar surface area (TPSA) is 65.5 Å². The molecule has 1 N–H and O–H groups in total. The molecule has 0 bridgehead atoms. The molecule has 25 heavy (non-hydrogen) atoms. The third kappa shape index (κ3) is 4.33. The van der Waals surface area contributed by atoms with Crippen molar-refractivity contribution in [3.63, 3.8) is 0 Å². The summed E-state index contributed by atoms with van der Waals surface area (Å²) >= 11 is 0. The zero-order chi connectivity index (χ0) is 17.9. The molecule has 0 spiro atoms. The van der Waals surface area contributed by atoms with E-state index in [9.17, 15) is 8.42 Å². The second-order valence-corrected chi connectivity index (χ2v) is 9.64. The van der Waals surface area contributed by atoms with Crippen LogP contribution in [0.5, 0.6) is 0 Å². The molecule has 0 radical (unpaired) electrons. The van der Waals surface area contributed by atoms with Crippen molar-refractivity contribution in [1.82, 2.24) is 14.2 Å². The molecule has 0 aliphatic carbocycles. The van der Waals surface area contributed by atoms with Gasteiger partial charge in [0.15, 0.2) is 0 Å². The lowest BCUT2D eigenvalue weighted by molar-refractivity contribution is 0.105. The minimum atomic E-state index is -3.38. The van der Waals surface area contributed by atoms with Crippen molar-refractivity contribution in [2.24, 2.45) is 0 Å². The van der Waals surface area contributed by atoms with Gasteiger partial charge >= 0.3 is 0 Å². The Balaban J connectivity index is 1.60. The molecule has 2 saturated heterocycles. The molecule has 0 aromatic carbocycles. The van der Waals surface area contributed by atoms with Gasteiger partial charge in [-0.15, -0.1) is 0 Å². The van der Waals surface area contributed by atoms with E-state index in [4.69, 9.17) is 0 Å². The smallest absolute Gasteiger partial charge is 0.244 e. The lowest BCUT2D eigenvalue weighted by atomic mass is 9.98. The van der Waals surface area contributed by atoms with Crippen LogP contribution < -0.4 is 5.32 Å². The highest BCUT2D eigenvalue weighted by molar-refractivity contribution is 7.89. The van der Waals surface area contributed by atoms with Crippen LogP contribution in [0.15, 0.2) is 23.2 Å². The van der Waals surface area contributed by atoms with Gasteiger partial charge in [-0.1, -0.05) is 6.42 Å². The van der Waals surface area contributed by atoms with Crippen molar-refractivity contribution >= 4 is 15.8 Å². The standard InChI is InChI=1S/C18H30N4O2S/c1-18(2,21-10-4-3-5-11-21)15-20-17-9-8-16(14-19-17)25(23,24)22-12-6-7-13-22/h8-9,14H,3-7,10-13,15H2,1-2H3,(H,19,20). The zero-order valence-corrected chi connectivity index (χ0v) is 16.2. The summed E-state index contributed by atoms with van der Waals surface area (Å²) in [7, 11) is -3.38. The molecule has 2 fully saturated rings. The SMILES string of the molecule is CC(C)(CNc1ccc(S(=O)(=O)N2CCCC2)cn1)N1CCCCC1. The van der Waals surface area contributed by atoms with E-state index in [-0.39, 0.29) is 10.4 Å². The minimum absolute atomic E-state index is 0.0579. The number of nitrogens with zero attached hydrogens (tertiary/aromatic N) is 3. The predicted molar refractivity (Wildman–Crippen MR) is 100 cm³/mol. The van der Waals surface area contributed by atoms with E-state index in [1.165, 1.54) is 25.5 Å². The number of pyridine rings is 1. The average Bonchev–Trinajstić information content (AvgIpc) is 3.17. The van der Waals surface area contributed by atoms with Gasteiger partial charge in [-0.3, -0.25) is 4.90 Å². The van der Waals surface area contributed by atoms with Crippen LogP contribution in [0.25, 0.3) is 0 Å². The number of hydrogen-bond acceptors (Lipinski definition) is 5. The molecular weight excluding hydrogens is 336 g/mol. The second-order valence-electron chi connectivity index (χ2n) is 7.70. The minimum Gasteiger partial charge on any atom is -0.368 e. The van der Waals surface area contributed by atoms with E-state index in [0.717, 1.165) is 38.3 Å². The summed E-state index contributed by atoms with van der Waals surface area (Å²) in [6, 6.07) is 3.44. The Bertz CT molecular complexity index is 661. The molecule has 0 saturated carbocycles. The molecular formula is C18H30N4O2S. The zero-order valence-electron chi connectivity index (χ0n) is 15.4. The summed E-state index contributed by atoms with van der Waals surface area (Å²) in [5.41, 5.74) is 0.0579. The van der Waals surface area contributed by atoms with Gasteiger partial charge in [-0.2, -0.15) is 4.31 Å². The van der Waals surface area contributed by atoms with E-state index >= 15 is 0 Å². The Morgan fingerprint density at radius 1 is 1.04 bits per heavy atom. The van der Waals surface area contributed by atoms with E-state index in [0.29, 0.717) is 13.1 Å². The van der Waals surface area contributed by atoms with E-state index in [2.05, 4.69) is 29.0 Å². The monoisotopic (exact) mass is 366 g/mol. The lowest BCUT2D eigenvalue weighted by Crippen LogP contribution is -2.50. The molecule has 6 nitrogen and oxygen atoms in total. The summed E-state index contributed by atoms with van der Waals surface area (Å²) < 4.78 is 26.6. The van der Waals surface area contributed by atoms with Gasteiger partial charge in [0, 0.05) is 31.4 Å². The largest absolute Gasteiger partial charge is 0.368 e. The first-order valence-electron chi connectivity index (χ1n) is 9.35. The summed E-state index contributed by atoms with van der Waals surface area (Å²) in [6.45, 7) is 8.82. The van der Waals surface area contributed by atoms with Gasteiger partial charge in [0.1, 0.15) is 10.7 Å². The number of anilines is 1. The van der Waals surface area contributed by atoms with Crippen molar-refractivity contribution in [2.45, 2.75) is 56.4 Å². The number of aromatic nitrogens is 1. The van der Waals surface area contributed by atoms with Gasteiger partial charge < -0.3 is 5.32 Å². The third-order valence-corrected chi connectivity index (χ3v) is 7.24. The molecule has 3 rings (SSSR count). The fourth-order valence-electron chi connectivity index (χ4n) is 3.63. The van der Waals surface area contributed by atoms with Crippen LogP contribution in [-0.2, 0) is 10.0 Å². The first-order valence-corrected chi connectivity index (χ1v) is 10.8. The summed E-state index contributed by atoms with van der Waals surface area (Å²) in [6.07, 6.45) is 7.23. The highest BCUT2D eigenvalue weighted by atomic mass is 32.2. The predicted octanol–water partition coefficient (Wildman–Crippen LogP) is 2.54. The Morgan fingerprint density at radius 3 is 2.28 bits per heavy atom. The molecule has 0 unspecified atom stereocenters. The van der Waals surface area contributed by atoms with E-state index in [1.807, 2.05) is 0 Å². The highest BCUT2D eigenvalue weighted by Gasteiger charge is 2.29. The van der Waals surface area contributed by atoms with Crippen LogP contribution in [0.1, 0.15) is 46.0 Å². The highest BCUT2D eigenvalue weighted by Crippen LogP contribution is 2.23. The number of sulfonamides is 1. The van der Waals surface area contributed by atoms with Crippen molar-refractivity contribution < 1.29 is 8.42 Å². The van der Waals surface area contributed by atoms with Crippen LogP contribution in [0.4, 0.5) is 5.82 Å². The maximum absolute atomic E-state index is 12.5. The third-order valence-electron chi connectivity index (χ3n) is 5.35. The Morgan fingerprint density at radius 2 is 1.68 bits per heavy atom. The molecule has 140 valence electrons. The first-order chi connectivity index (χ1) is 11.9. The van der Waals surface area contributed by atoms with Crippen LogP contribution in [0, 0.1) is 0 Å². The molecule has 0 amide bonds. The van der Waals surface area contributed by atoms with Gasteiger partial charge in [-0.05, 0) is 64.8 Å². The molecule has 2 aliphatic rings. The van der Waals surface area contributed by atoms with Gasteiger partial charge in [0.2, 0.25) is 10.0 Å². The van der Waals surface area contributed by atoms with E-state index in [1.54, 1.807) is 16.4 Å². The molecule has 3 heterocycles. The fourth-order valence-corrected chi connectivity index (χ4v) is 5.10. The first kappa shape index (κ1) is 18.6. The lowest BCUT2D eigenvalue weighted by Gasteiger charge is -2.41. The molecule has 0 atom stereocenters. The Labute approximate surface area is 151 Å². The molecule has 2 aliphatic heterocycles. The summed E-state index contributed by atoms with van der Waals surface area (Å²) in [4.78, 5) is 7.14. The van der Waals surface area contributed by atoms with Crippen molar-refractivity contribution in [2.75, 3.05) is 38.0 Å². The number of nitrogens with one attached hydrogen (secondary N) is 1. The average molecular weight is 367 g/mol. The van der Waals surface area contributed by atoms with Crippen molar-refractivity contribution in [3.05, 3.63) is 18.3 Å². The summed E-state index contributed by atoms with van der Waals surface area (Å²) in [5.74, 6) is 0.727. The number of hydrogen-bond donors (Lipinski definition) is 1. The van der Waals surface area contributed by atoms with E-state index < -0.39 is 10.0 Å². The van der Waals surface area contributed by atoms with Crippen LogP contribution in [0.2, 0.25) is 0 Å². The van der Waals surface area contributed by atoms with Crippen molar-refractivity contribution in [1.29, 1.82) is 0 Å². The fraction of sp³-hybridized carbons (Fsp3) is 0.722. The van der Waals surface area contributed by atoms with Crippen LogP contribution in [-0.4, -0.2) is 60.9 Å². The maximum atomic E-state index is 12.5. The Hall–Kier alpha value is -1.18. The van der Waals surface area contributed by atoms with Crippen LogP contribution in [0.3, 0.4) is 0 Å². The second kappa shape index (κ2) is 7.60. The quantitative estimate of drug-likeness (QED) is 0.838. The van der Waals surface area contributed by atoms with Crippen LogP contribution >= 0.6 is 0 Å². The molecule has 1 aromatic heterocycles. The number of piperidine rings is 1. The number of rotatable bonds is 6. The normalized spacial score (nSPS) is 20.7. The summed E-state index contributed by atoms with van der Waals surface area (Å²) in [5, 5.41) is 3.37. The van der Waals surface area contributed by atoms with Gasteiger partial charge in [0.25, 0.3) is 0 Å². The molecule has 7 heteroatoms. The molecule has 1 aromatic rings. The Kier molecular flexibility index (Phi) is 5.65.